The Morgan fingerprint density at radius 2 is 2.10 bits per heavy atom. The molecule has 0 spiro atoms. The van der Waals surface area contributed by atoms with Gasteiger partial charge in [-0.2, -0.15) is 0 Å². The molecule has 1 aliphatic heterocycles. The summed E-state index contributed by atoms with van der Waals surface area (Å²) in [4.78, 5) is 9.18. The molecule has 0 atom stereocenters. The first-order chi connectivity index (χ1) is 10.3. The number of anilines is 1. The number of hydrogen-bond acceptors (Lipinski definition) is 5. The van der Waals surface area contributed by atoms with E-state index >= 15 is 0 Å². The lowest BCUT2D eigenvalue weighted by molar-refractivity contribution is 0.200. The normalized spacial score (nSPS) is 16.1. The van der Waals surface area contributed by atoms with E-state index < -0.39 is 0 Å². The highest BCUT2D eigenvalue weighted by molar-refractivity contribution is 9.10. The number of piperazine rings is 1. The molecule has 1 saturated heterocycles. The second kappa shape index (κ2) is 7.24. The molecule has 0 aliphatic carbocycles. The van der Waals surface area contributed by atoms with E-state index in [1.54, 1.807) is 11.3 Å². The van der Waals surface area contributed by atoms with Gasteiger partial charge in [0.15, 0.2) is 5.13 Å². The van der Waals surface area contributed by atoms with Crippen LogP contribution < -0.4 is 9.64 Å². The number of ether oxygens (including phenoxy) is 1. The van der Waals surface area contributed by atoms with Crippen LogP contribution in [0.2, 0.25) is 0 Å². The fraction of sp³-hybridized carbons (Fsp3) is 0.400. The Morgan fingerprint density at radius 1 is 1.24 bits per heavy atom. The second-order valence-corrected chi connectivity index (χ2v) is 6.74. The molecule has 1 fully saturated rings. The van der Waals surface area contributed by atoms with Crippen molar-refractivity contribution < 1.29 is 4.74 Å². The topological polar surface area (TPSA) is 28.6 Å². The number of rotatable bonds is 5. The summed E-state index contributed by atoms with van der Waals surface area (Å²) in [5, 5.41) is 3.17. The zero-order chi connectivity index (χ0) is 14.5. The largest absolute Gasteiger partial charge is 0.492 e. The standard InChI is InChI=1S/C15H18BrN3OS/c16-13-2-1-3-14(12-13)20-10-9-18-5-7-19(8-6-18)15-17-4-11-21-15/h1-4,11-12H,5-10H2. The van der Waals surface area contributed by atoms with Gasteiger partial charge in [-0.25, -0.2) is 4.98 Å². The van der Waals surface area contributed by atoms with Crippen molar-refractivity contribution in [3.8, 4) is 5.75 Å². The first-order valence-electron chi connectivity index (χ1n) is 7.06. The van der Waals surface area contributed by atoms with Gasteiger partial charge in [-0.1, -0.05) is 22.0 Å². The number of benzene rings is 1. The average Bonchev–Trinajstić information content (AvgIpc) is 3.02. The molecule has 1 aromatic heterocycles. The lowest BCUT2D eigenvalue weighted by Crippen LogP contribution is -2.47. The molecule has 0 bridgehead atoms. The van der Waals surface area contributed by atoms with Crippen LogP contribution in [-0.2, 0) is 0 Å². The van der Waals surface area contributed by atoms with Crippen LogP contribution in [0.1, 0.15) is 0 Å². The Hall–Kier alpha value is -1.11. The predicted octanol–water partition coefficient (Wildman–Crippen LogP) is 3.11. The first kappa shape index (κ1) is 14.8. The molecular formula is C15H18BrN3OS. The molecule has 3 rings (SSSR count). The van der Waals surface area contributed by atoms with Crippen LogP contribution in [0.15, 0.2) is 40.3 Å². The van der Waals surface area contributed by atoms with Crippen LogP contribution in [-0.4, -0.2) is 49.2 Å². The van der Waals surface area contributed by atoms with Gasteiger partial charge in [-0.3, -0.25) is 4.90 Å². The van der Waals surface area contributed by atoms with E-state index in [0.717, 1.165) is 54.7 Å². The van der Waals surface area contributed by atoms with Gasteiger partial charge in [0.1, 0.15) is 12.4 Å². The summed E-state index contributed by atoms with van der Waals surface area (Å²) in [5.74, 6) is 0.922. The molecule has 112 valence electrons. The molecule has 1 aliphatic rings. The zero-order valence-corrected chi connectivity index (χ0v) is 14.1. The maximum absolute atomic E-state index is 5.79. The first-order valence-corrected chi connectivity index (χ1v) is 8.74. The van der Waals surface area contributed by atoms with Crippen molar-refractivity contribution >= 4 is 32.4 Å². The van der Waals surface area contributed by atoms with Crippen LogP contribution in [0.25, 0.3) is 0 Å². The lowest BCUT2D eigenvalue weighted by Gasteiger charge is -2.34. The van der Waals surface area contributed by atoms with Crippen LogP contribution >= 0.6 is 27.3 Å². The van der Waals surface area contributed by atoms with E-state index in [-0.39, 0.29) is 0 Å². The minimum absolute atomic E-state index is 0.730. The van der Waals surface area contributed by atoms with Gasteiger partial charge in [0.05, 0.1) is 0 Å². The minimum Gasteiger partial charge on any atom is -0.492 e. The summed E-state index contributed by atoms with van der Waals surface area (Å²) in [5.41, 5.74) is 0. The quantitative estimate of drug-likeness (QED) is 0.811. The van der Waals surface area contributed by atoms with E-state index in [4.69, 9.17) is 4.74 Å². The Bertz CT molecular complexity index is 556. The lowest BCUT2D eigenvalue weighted by atomic mass is 10.3. The summed E-state index contributed by atoms with van der Waals surface area (Å²) < 4.78 is 6.85. The molecule has 4 nitrogen and oxygen atoms in total. The van der Waals surface area contributed by atoms with Crippen molar-refractivity contribution in [3.05, 3.63) is 40.3 Å². The third-order valence-electron chi connectivity index (χ3n) is 3.53. The van der Waals surface area contributed by atoms with Gasteiger partial charge in [0.25, 0.3) is 0 Å². The number of halogens is 1. The molecule has 0 unspecified atom stereocenters. The van der Waals surface area contributed by atoms with Gasteiger partial charge in [0, 0.05) is 48.8 Å². The van der Waals surface area contributed by atoms with Gasteiger partial charge in [-0.15, -0.1) is 11.3 Å². The summed E-state index contributed by atoms with van der Waals surface area (Å²) in [6.07, 6.45) is 1.87. The van der Waals surface area contributed by atoms with Gasteiger partial charge in [-0.05, 0) is 18.2 Å². The zero-order valence-electron chi connectivity index (χ0n) is 11.7. The van der Waals surface area contributed by atoms with E-state index in [9.17, 15) is 0 Å². The number of nitrogens with zero attached hydrogens (tertiary/aromatic N) is 3. The molecule has 0 amide bonds. The summed E-state index contributed by atoms with van der Waals surface area (Å²) in [7, 11) is 0. The highest BCUT2D eigenvalue weighted by Crippen LogP contribution is 2.19. The van der Waals surface area contributed by atoms with Gasteiger partial charge in [0.2, 0.25) is 0 Å². The molecule has 2 heterocycles. The van der Waals surface area contributed by atoms with Gasteiger partial charge >= 0.3 is 0 Å². The van der Waals surface area contributed by atoms with Gasteiger partial charge < -0.3 is 9.64 Å². The van der Waals surface area contributed by atoms with Crippen LogP contribution in [0, 0.1) is 0 Å². The third-order valence-corrected chi connectivity index (χ3v) is 4.86. The number of hydrogen-bond donors (Lipinski definition) is 0. The number of thiazole rings is 1. The van der Waals surface area contributed by atoms with Crippen molar-refractivity contribution in [2.24, 2.45) is 0 Å². The van der Waals surface area contributed by atoms with E-state index in [2.05, 4.69) is 30.7 Å². The highest BCUT2D eigenvalue weighted by atomic mass is 79.9. The predicted molar refractivity (Wildman–Crippen MR) is 90.4 cm³/mol. The van der Waals surface area contributed by atoms with Crippen LogP contribution in [0.5, 0.6) is 5.75 Å². The molecule has 21 heavy (non-hydrogen) atoms. The average molecular weight is 368 g/mol. The molecule has 2 aromatic rings. The molecule has 0 radical (unpaired) electrons. The third kappa shape index (κ3) is 4.18. The maximum atomic E-state index is 5.79. The summed E-state index contributed by atoms with van der Waals surface area (Å²) >= 11 is 5.17. The molecule has 0 saturated carbocycles. The fourth-order valence-corrected chi connectivity index (χ4v) is 3.46. The fourth-order valence-electron chi connectivity index (χ4n) is 2.38. The Balaban J connectivity index is 1.40. The molecule has 0 N–H and O–H groups in total. The van der Waals surface area contributed by atoms with Crippen molar-refractivity contribution in [2.75, 3.05) is 44.2 Å². The molecule has 6 heteroatoms. The Morgan fingerprint density at radius 3 is 2.81 bits per heavy atom. The summed E-state index contributed by atoms with van der Waals surface area (Å²) in [6.45, 7) is 5.93. The number of aromatic nitrogens is 1. The van der Waals surface area contributed by atoms with Crippen molar-refractivity contribution in [2.45, 2.75) is 0 Å². The maximum Gasteiger partial charge on any atom is 0.185 e. The van der Waals surface area contributed by atoms with Crippen molar-refractivity contribution in [1.82, 2.24) is 9.88 Å². The van der Waals surface area contributed by atoms with Crippen LogP contribution in [0.3, 0.4) is 0 Å². The van der Waals surface area contributed by atoms with E-state index in [1.165, 1.54) is 0 Å². The molecule has 1 aromatic carbocycles. The minimum atomic E-state index is 0.730. The Kier molecular flexibility index (Phi) is 5.11. The van der Waals surface area contributed by atoms with Crippen molar-refractivity contribution in [1.29, 1.82) is 0 Å². The van der Waals surface area contributed by atoms with Crippen molar-refractivity contribution in [3.63, 3.8) is 0 Å². The smallest absolute Gasteiger partial charge is 0.185 e. The SMILES string of the molecule is Brc1cccc(OCCN2CCN(c3nccs3)CC2)c1. The monoisotopic (exact) mass is 367 g/mol. The second-order valence-electron chi connectivity index (χ2n) is 4.95. The van der Waals surface area contributed by atoms with Crippen LogP contribution in [0.4, 0.5) is 5.13 Å². The molecular weight excluding hydrogens is 350 g/mol. The Labute approximate surface area is 137 Å². The highest BCUT2D eigenvalue weighted by Gasteiger charge is 2.18. The van der Waals surface area contributed by atoms with E-state index in [0.29, 0.717) is 0 Å². The summed E-state index contributed by atoms with van der Waals surface area (Å²) in [6, 6.07) is 7.99. The van der Waals surface area contributed by atoms with E-state index in [1.807, 2.05) is 35.8 Å².